The quantitative estimate of drug-likeness (QED) is 0.821. The van der Waals surface area contributed by atoms with Gasteiger partial charge in [0.15, 0.2) is 0 Å². The van der Waals surface area contributed by atoms with Gasteiger partial charge in [-0.1, -0.05) is 12.1 Å². The third-order valence-electron chi connectivity index (χ3n) is 2.72. The van der Waals surface area contributed by atoms with Gasteiger partial charge in [0.1, 0.15) is 5.75 Å². The first-order valence-electron chi connectivity index (χ1n) is 6.12. The molecule has 0 radical (unpaired) electrons. The third-order valence-corrected chi connectivity index (χ3v) is 2.72. The monoisotopic (exact) mass is 262 g/mol. The number of ether oxygens (including phenoxy) is 2. The molecule has 0 bridgehead atoms. The van der Waals surface area contributed by atoms with E-state index >= 15 is 0 Å². The lowest BCUT2D eigenvalue weighted by atomic mass is 10.2. The Balaban J connectivity index is 1.70. The number of benzene rings is 1. The third kappa shape index (κ3) is 4.39. The minimum absolute atomic E-state index is 0.296. The highest BCUT2D eigenvalue weighted by Crippen LogP contribution is 2.12. The van der Waals surface area contributed by atoms with E-state index in [4.69, 9.17) is 9.47 Å². The highest BCUT2D eigenvalue weighted by Gasteiger charge is 2.05. The fourth-order valence-electron chi connectivity index (χ4n) is 1.73. The van der Waals surface area contributed by atoms with E-state index in [0.717, 1.165) is 11.3 Å². The zero-order valence-electron chi connectivity index (χ0n) is 10.9. The fourth-order valence-corrected chi connectivity index (χ4v) is 1.73. The summed E-state index contributed by atoms with van der Waals surface area (Å²) in [6.07, 6.45) is 4.64. The molecule has 0 saturated heterocycles. The molecule has 1 aromatic carbocycles. The highest BCUT2D eigenvalue weighted by molar-refractivity contribution is 5.26. The van der Waals surface area contributed by atoms with Gasteiger partial charge >= 0.3 is 0 Å². The van der Waals surface area contributed by atoms with Gasteiger partial charge < -0.3 is 19.1 Å². The van der Waals surface area contributed by atoms with Crippen LogP contribution in [0.5, 0.6) is 5.75 Å². The van der Waals surface area contributed by atoms with Crippen LogP contribution in [0.2, 0.25) is 0 Å². The maximum atomic E-state index is 9.79. The summed E-state index contributed by atoms with van der Waals surface area (Å²) in [7, 11) is 1.64. The number of imidazole rings is 1. The Morgan fingerprint density at radius 2 is 2.11 bits per heavy atom. The van der Waals surface area contributed by atoms with Crippen molar-refractivity contribution in [3.63, 3.8) is 0 Å². The molecule has 0 aliphatic carbocycles. The van der Waals surface area contributed by atoms with Crippen molar-refractivity contribution in [2.75, 3.05) is 13.7 Å². The van der Waals surface area contributed by atoms with Crippen molar-refractivity contribution in [1.29, 1.82) is 0 Å². The second kappa shape index (κ2) is 6.92. The van der Waals surface area contributed by atoms with Gasteiger partial charge in [-0.05, 0) is 17.7 Å². The molecular weight excluding hydrogens is 244 g/mol. The molecule has 0 aliphatic rings. The van der Waals surface area contributed by atoms with Gasteiger partial charge in [0.2, 0.25) is 0 Å². The molecule has 1 aromatic heterocycles. The molecule has 0 aliphatic heterocycles. The smallest absolute Gasteiger partial charge is 0.118 e. The van der Waals surface area contributed by atoms with Crippen molar-refractivity contribution in [3.05, 3.63) is 48.5 Å². The maximum absolute atomic E-state index is 9.79. The zero-order chi connectivity index (χ0) is 13.5. The Bertz CT molecular complexity index is 468. The average Bonchev–Trinajstić information content (AvgIpc) is 2.92. The van der Waals surface area contributed by atoms with Crippen molar-refractivity contribution >= 4 is 0 Å². The Kier molecular flexibility index (Phi) is 4.94. The maximum Gasteiger partial charge on any atom is 0.118 e. The lowest BCUT2D eigenvalue weighted by molar-refractivity contribution is 0.0203. The molecule has 0 amide bonds. The van der Waals surface area contributed by atoms with E-state index in [9.17, 15) is 5.11 Å². The summed E-state index contributed by atoms with van der Waals surface area (Å²) in [5.74, 6) is 0.823. The lowest BCUT2D eigenvalue weighted by Crippen LogP contribution is -2.21. The number of aliphatic hydroxyl groups is 1. The predicted octanol–water partition coefficient (Wildman–Crippen LogP) is 1.47. The Hall–Kier alpha value is -1.85. The minimum Gasteiger partial charge on any atom is -0.497 e. The van der Waals surface area contributed by atoms with Crippen LogP contribution in [-0.4, -0.2) is 34.5 Å². The first kappa shape index (κ1) is 13.6. The summed E-state index contributed by atoms with van der Waals surface area (Å²) in [6, 6.07) is 7.67. The van der Waals surface area contributed by atoms with Crippen molar-refractivity contribution in [1.82, 2.24) is 9.55 Å². The fraction of sp³-hybridized carbons (Fsp3) is 0.357. The minimum atomic E-state index is -0.535. The summed E-state index contributed by atoms with van der Waals surface area (Å²) in [5.41, 5.74) is 1.05. The summed E-state index contributed by atoms with van der Waals surface area (Å²) in [5, 5.41) is 9.79. The van der Waals surface area contributed by atoms with Gasteiger partial charge in [-0.3, -0.25) is 0 Å². The van der Waals surface area contributed by atoms with Crippen LogP contribution < -0.4 is 4.74 Å². The molecule has 0 fully saturated rings. The standard InChI is InChI=1S/C14H18N2O3/c1-18-14-4-2-12(3-5-14)9-19-10-13(17)8-16-7-6-15-11-16/h2-7,11,13,17H,8-10H2,1H3. The van der Waals surface area contributed by atoms with Crippen molar-refractivity contribution in [2.45, 2.75) is 19.3 Å². The van der Waals surface area contributed by atoms with Gasteiger partial charge in [-0.25, -0.2) is 4.98 Å². The normalized spacial score (nSPS) is 12.3. The highest BCUT2D eigenvalue weighted by atomic mass is 16.5. The summed E-state index contributed by atoms with van der Waals surface area (Å²) < 4.78 is 12.4. The van der Waals surface area contributed by atoms with Crippen molar-refractivity contribution in [3.8, 4) is 5.75 Å². The first-order chi connectivity index (χ1) is 9.28. The second-order valence-electron chi connectivity index (χ2n) is 4.28. The van der Waals surface area contributed by atoms with Crippen molar-refractivity contribution in [2.24, 2.45) is 0 Å². The van der Waals surface area contributed by atoms with Crippen LogP contribution in [0.15, 0.2) is 43.0 Å². The van der Waals surface area contributed by atoms with E-state index in [1.54, 1.807) is 19.6 Å². The van der Waals surface area contributed by atoms with Gasteiger partial charge in [0, 0.05) is 12.4 Å². The summed E-state index contributed by atoms with van der Waals surface area (Å²) in [6.45, 7) is 1.26. The number of aliphatic hydroxyl groups excluding tert-OH is 1. The molecule has 1 N–H and O–H groups in total. The molecule has 102 valence electrons. The van der Waals surface area contributed by atoms with E-state index in [1.165, 1.54) is 0 Å². The summed E-state index contributed by atoms with van der Waals surface area (Å²) in [4.78, 5) is 3.92. The predicted molar refractivity (Wildman–Crippen MR) is 70.9 cm³/mol. The first-order valence-corrected chi connectivity index (χ1v) is 6.12. The molecule has 5 heteroatoms. The van der Waals surface area contributed by atoms with Crippen LogP contribution in [0.25, 0.3) is 0 Å². The molecule has 19 heavy (non-hydrogen) atoms. The Morgan fingerprint density at radius 3 is 2.74 bits per heavy atom. The molecule has 5 nitrogen and oxygen atoms in total. The molecule has 1 heterocycles. The number of hydrogen-bond donors (Lipinski definition) is 1. The SMILES string of the molecule is COc1ccc(COCC(O)Cn2ccnc2)cc1. The zero-order valence-corrected chi connectivity index (χ0v) is 10.9. The van der Waals surface area contributed by atoms with Crippen LogP contribution in [0.3, 0.4) is 0 Å². The van der Waals surface area contributed by atoms with E-state index in [2.05, 4.69) is 4.98 Å². The number of hydrogen-bond acceptors (Lipinski definition) is 4. The molecule has 0 spiro atoms. The lowest BCUT2D eigenvalue weighted by Gasteiger charge is -2.12. The van der Waals surface area contributed by atoms with Crippen molar-refractivity contribution < 1.29 is 14.6 Å². The van der Waals surface area contributed by atoms with Crippen LogP contribution >= 0.6 is 0 Å². The van der Waals surface area contributed by atoms with E-state index < -0.39 is 6.10 Å². The van der Waals surface area contributed by atoms with Crippen LogP contribution in [0.4, 0.5) is 0 Å². The molecule has 1 atom stereocenters. The van der Waals surface area contributed by atoms with Gasteiger partial charge in [0.05, 0.1) is 39.3 Å². The van der Waals surface area contributed by atoms with Crippen LogP contribution in [0, 0.1) is 0 Å². The largest absolute Gasteiger partial charge is 0.497 e. The molecule has 1 unspecified atom stereocenters. The number of aromatic nitrogens is 2. The topological polar surface area (TPSA) is 56.5 Å². The van der Waals surface area contributed by atoms with Gasteiger partial charge in [-0.2, -0.15) is 0 Å². The van der Waals surface area contributed by atoms with E-state index in [1.807, 2.05) is 35.0 Å². The van der Waals surface area contributed by atoms with Gasteiger partial charge in [0.25, 0.3) is 0 Å². The van der Waals surface area contributed by atoms with Crippen LogP contribution in [0.1, 0.15) is 5.56 Å². The van der Waals surface area contributed by atoms with E-state index in [-0.39, 0.29) is 0 Å². The van der Waals surface area contributed by atoms with Gasteiger partial charge in [-0.15, -0.1) is 0 Å². The molecule has 2 aromatic rings. The summed E-state index contributed by atoms with van der Waals surface area (Å²) >= 11 is 0. The Labute approximate surface area is 112 Å². The number of rotatable bonds is 7. The molecule has 2 rings (SSSR count). The molecular formula is C14H18N2O3. The van der Waals surface area contributed by atoms with E-state index in [0.29, 0.717) is 19.8 Å². The average molecular weight is 262 g/mol. The Morgan fingerprint density at radius 1 is 1.32 bits per heavy atom. The number of methoxy groups -OCH3 is 1. The second-order valence-corrected chi connectivity index (χ2v) is 4.28. The van der Waals surface area contributed by atoms with Crippen LogP contribution in [-0.2, 0) is 17.9 Å². The number of nitrogens with zero attached hydrogens (tertiary/aromatic N) is 2. The molecule has 0 saturated carbocycles.